The zero-order valence-corrected chi connectivity index (χ0v) is 13.2. The van der Waals surface area contributed by atoms with Crippen LogP contribution in [0.25, 0.3) is 0 Å². The molecule has 1 rings (SSSR count). The minimum atomic E-state index is -3.45. The molecule has 1 aromatic rings. The van der Waals surface area contributed by atoms with Gasteiger partial charge in [-0.2, -0.15) is 0 Å². The molecule has 0 fully saturated rings. The van der Waals surface area contributed by atoms with Crippen LogP contribution in [0.3, 0.4) is 0 Å². The van der Waals surface area contributed by atoms with Crippen LogP contribution in [0.1, 0.15) is 34.1 Å². The third-order valence-electron chi connectivity index (χ3n) is 2.47. The lowest BCUT2D eigenvalue weighted by atomic mass is 9.92. The van der Waals surface area contributed by atoms with Gasteiger partial charge in [-0.15, -0.1) is 0 Å². The molecule has 0 aliphatic rings. The van der Waals surface area contributed by atoms with Crippen LogP contribution in [0.5, 0.6) is 0 Å². The molecule has 0 saturated heterocycles. The topological polar surface area (TPSA) is 75.3 Å². The van der Waals surface area contributed by atoms with E-state index < -0.39 is 10.0 Å². The second-order valence-electron chi connectivity index (χ2n) is 5.81. The van der Waals surface area contributed by atoms with E-state index in [0.29, 0.717) is 18.7 Å². The second-order valence-corrected chi connectivity index (χ2v) is 7.58. The van der Waals surface area contributed by atoms with E-state index in [1.807, 2.05) is 20.8 Å². The Morgan fingerprint density at radius 2 is 1.70 bits per heavy atom. The molecular formula is C14H22N2O3S. The van der Waals surface area contributed by atoms with Gasteiger partial charge in [0.25, 0.3) is 0 Å². The highest BCUT2D eigenvalue weighted by molar-refractivity contribution is 7.89. The van der Waals surface area contributed by atoms with Crippen molar-refractivity contribution in [1.82, 2.24) is 4.72 Å². The van der Waals surface area contributed by atoms with Gasteiger partial charge < -0.3 is 5.32 Å². The van der Waals surface area contributed by atoms with Gasteiger partial charge in [0, 0.05) is 18.7 Å². The molecule has 0 saturated carbocycles. The maximum absolute atomic E-state index is 11.8. The molecule has 0 aliphatic carbocycles. The van der Waals surface area contributed by atoms with Crippen LogP contribution in [0, 0.1) is 5.41 Å². The Morgan fingerprint density at radius 3 is 2.15 bits per heavy atom. The fraction of sp³-hybridized carbons (Fsp3) is 0.500. The lowest BCUT2D eigenvalue weighted by molar-refractivity contribution is -0.117. The Kier molecular flexibility index (Phi) is 5.30. The number of hydrogen-bond donors (Lipinski definition) is 2. The van der Waals surface area contributed by atoms with E-state index in [1.54, 1.807) is 19.1 Å². The van der Waals surface area contributed by atoms with Gasteiger partial charge in [0.2, 0.25) is 15.9 Å². The molecule has 0 heterocycles. The maximum Gasteiger partial charge on any atom is 0.240 e. The normalized spacial score (nSPS) is 12.2. The molecule has 0 spiro atoms. The Balaban J connectivity index is 2.75. The SMILES string of the molecule is CCNS(=O)(=O)c1ccc(NC(=O)CC(C)(C)C)cc1. The average Bonchev–Trinajstić information content (AvgIpc) is 2.26. The molecule has 1 amide bonds. The number of carbonyl (C=O) groups excluding carboxylic acids is 1. The van der Waals surface area contributed by atoms with Crippen LogP contribution >= 0.6 is 0 Å². The van der Waals surface area contributed by atoms with Crippen LogP contribution in [0.4, 0.5) is 5.69 Å². The molecular weight excluding hydrogens is 276 g/mol. The zero-order chi connectivity index (χ0) is 15.4. The molecule has 2 N–H and O–H groups in total. The van der Waals surface area contributed by atoms with Gasteiger partial charge in [0.1, 0.15) is 0 Å². The second kappa shape index (κ2) is 6.37. The van der Waals surface area contributed by atoms with Crippen LogP contribution < -0.4 is 10.0 Å². The molecule has 0 unspecified atom stereocenters. The quantitative estimate of drug-likeness (QED) is 0.876. The number of nitrogens with one attached hydrogen (secondary N) is 2. The summed E-state index contributed by atoms with van der Waals surface area (Å²) in [4.78, 5) is 12.0. The number of benzene rings is 1. The van der Waals surface area contributed by atoms with E-state index in [2.05, 4.69) is 10.0 Å². The summed E-state index contributed by atoms with van der Waals surface area (Å²) in [5, 5.41) is 2.75. The smallest absolute Gasteiger partial charge is 0.240 e. The number of sulfonamides is 1. The number of hydrogen-bond acceptors (Lipinski definition) is 3. The third-order valence-corrected chi connectivity index (χ3v) is 4.04. The number of amides is 1. The van der Waals surface area contributed by atoms with Gasteiger partial charge in [0.15, 0.2) is 0 Å². The first kappa shape index (κ1) is 16.7. The molecule has 1 aromatic carbocycles. The molecule has 0 atom stereocenters. The molecule has 0 bridgehead atoms. The van der Waals surface area contributed by atoms with Crippen LogP contribution in [0.2, 0.25) is 0 Å². The van der Waals surface area contributed by atoms with E-state index in [1.165, 1.54) is 12.1 Å². The Bertz CT molecular complexity index is 557. The van der Waals surface area contributed by atoms with Crippen molar-refractivity contribution in [3.63, 3.8) is 0 Å². The summed E-state index contributed by atoms with van der Waals surface area (Å²) >= 11 is 0. The van der Waals surface area contributed by atoms with Gasteiger partial charge >= 0.3 is 0 Å². The largest absolute Gasteiger partial charge is 0.326 e. The summed E-state index contributed by atoms with van der Waals surface area (Å²) in [6.45, 7) is 8.01. The average molecular weight is 298 g/mol. The first-order valence-corrected chi connectivity index (χ1v) is 8.02. The number of rotatable bonds is 5. The third kappa shape index (κ3) is 5.30. The van der Waals surface area contributed by atoms with Crippen molar-refractivity contribution >= 4 is 21.6 Å². The molecule has 0 radical (unpaired) electrons. The van der Waals surface area contributed by atoms with Crippen molar-refractivity contribution < 1.29 is 13.2 Å². The van der Waals surface area contributed by atoms with E-state index in [4.69, 9.17) is 0 Å². The van der Waals surface area contributed by atoms with E-state index in [9.17, 15) is 13.2 Å². The van der Waals surface area contributed by atoms with Crippen LogP contribution in [0.15, 0.2) is 29.2 Å². The highest BCUT2D eigenvalue weighted by atomic mass is 32.2. The van der Waals surface area contributed by atoms with Gasteiger partial charge in [-0.1, -0.05) is 27.7 Å². The monoisotopic (exact) mass is 298 g/mol. The summed E-state index contributed by atoms with van der Waals surface area (Å²) in [6.07, 6.45) is 0.407. The maximum atomic E-state index is 11.8. The van der Waals surface area contributed by atoms with Crippen molar-refractivity contribution in [2.24, 2.45) is 5.41 Å². The Labute approximate surface area is 120 Å². The minimum Gasteiger partial charge on any atom is -0.326 e. The van der Waals surface area contributed by atoms with Gasteiger partial charge in [-0.25, -0.2) is 13.1 Å². The van der Waals surface area contributed by atoms with Crippen LogP contribution in [-0.2, 0) is 14.8 Å². The summed E-state index contributed by atoms with van der Waals surface area (Å²) in [7, 11) is -3.45. The molecule has 112 valence electrons. The number of carbonyl (C=O) groups is 1. The standard InChI is InChI=1S/C14H22N2O3S/c1-5-15-20(18,19)12-8-6-11(7-9-12)16-13(17)10-14(2,3)4/h6-9,15H,5,10H2,1-4H3,(H,16,17). The molecule has 0 aromatic heterocycles. The fourth-order valence-corrected chi connectivity index (χ4v) is 2.72. The van der Waals surface area contributed by atoms with E-state index >= 15 is 0 Å². The first-order valence-electron chi connectivity index (χ1n) is 6.53. The molecule has 5 nitrogen and oxygen atoms in total. The summed E-state index contributed by atoms with van der Waals surface area (Å²) in [5.74, 6) is -0.0835. The minimum absolute atomic E-state index is 0.0835. The van der Waals surface area contributed by atoms with Crippen LogP contribution in [-0.4, -0.2) is 20.9 Å². The highest BCUT2D eigenvalue weighted by Gasteiger charge is 2.16. The highest BCUT2D eigenvalue weighted by Crippen LogP contribution is 2.20. The fourth-order valence-electron chi connectivity index (χ4n) is 1.68. The van der Waals surface area contributed by atoms with E-state index in [0.717, 1.165) is 0 Å². The van der Waals surface area contributed by atoms with Crippen molar-refractivity contribution in [3.8, 4) is 0 Å². The van der Waals surface area contributed by atoms with Crippen molar-refractivity contribution in [2.75, 3.05) is 11.9 Å². The molecule has 20 heavy (non-hydrogen) atoms. The van der Waals surface area contributed by atoms with Crippen molar-refractivity contribution in [2.45, 2.75) is 39.0 Å². The van der Waals surface area contributed by atoms with Gasteiger partial charge in [0.05, 0.1) is 4.90 Å². The van der Waals surface area contributed by atoms with Crippen molar-refractivity contribution in [3.05, 3.63) is 24.3 Å². The lowest BCUT2D eigenvalue weighted by Gasteiger charge is -2.17. The van der Waals surface area contributed by atoms with Gasteiger partial charge in [-0.05, 0) is 29.7 Å². The zero-order valence-electron chi connectivity index (χ0n) is 12.4. The Hall–Kier alpha value is -1.40. The number of anilines is 1. The first-order chi connectivity index (χ1) is 9.14. The summed E-state index contributed by atoms with van der Waals surface area (Å²) < 4.78 is 25.9. The predicted octanol–water partition coefficient (Wildman–Crippen LogP) is 2.36. The molecule has 0 aliphatic heterocycles. The van der Waals surface area contributed by atoms with E-state index in [-0.39, 0.29) is 16.2 Å². The Morgan fingerprint density at radius 1 is 1.15 bits per heavy atom. The lowest BCUT2D eigenvalue weighted by Crippen LogP contribution is -2.23. The molecule has 6 heteroatoms. The summed E-state index contributed by atoms with van der Waals surface area (Å²) in [6, 6.07) is 6.13. The summed E-state index contributed by atoms with van der Waals surface area (Å²) in [5.41, 5.74) is 0.507. The van der Waals surface area contributed by atoms with Gasteiger partial charge in [-0.3, -0.25) is 4.79 Å². The van der Waals surface area contributed by atoms with Crippen molar-refractivity contribution in [1.29, 1.82) is 0 Å². The predicted molar refractivity (Wildman–Crippen MR) is 80.0 cm³/mol.